The van der Waals surface area contributed by atoms with Gasteiger partial charge in [0.25, 0.3) is 0 Å². The lowest BCUT2D eigenvalue weighted by Crippen LogP contribution is -2.14. The summed E-state index contributed by atoms with van der Waals surface area (Å²) < 4.78 is 0. The topological polar surface area (TPSA) is 0 Å². The Morgan fingerprint density at radius 2 is 1.69 bits per heavy atom. The summed E-state index contributed by atoms with van der Waals surface area (Å²) in [5.74, 6) is 1.66. The molecule has 1 heteroatoms. The molecule has 0 bridgehead atoms. The van der Waals surface area contributed by atoms with Gasteiger partial charge in [0.1, 0.15) is 0 Å². The molecule has 0 unspecified atom stereocenters. The van der Waals surface area contributed by atoms with E-state index in [2.05, 4.69) is 51.7 Å². The molecule has 1 heterocycles. The summed E-state index contributed by atoms with van der Waals surface area (Å²) >= 11 is 0. The Hall–Kier alpha value is -0.310. The lowest BCUT2D eigenvalue weighted by atomic mass is 10.0. The van der Waals surface area contributed by atoms with Crippen LogP contribution in [0.4, 0.5) is 0 Å². The van der Waals surface area contributed by atoms with Crippen molar-refractivity contribution in [3.8, 4) is 0 Å². The van der Waals surface area contributed by atoms with Crippen molar-refractivity contribution in [3.05, 3.63) is 29.3 Å². The monoisotopic (exact) mass is 234 g/mol. The number of hydrogen-bond acceptors (Lipinski definition) is 0. The fourth-order valence-electron chi connectivity index (χ4n) is 3.01. The summed E-state index contributed by atoms with van der Waals surface area (Å²) in [6.07, 6.45) is 9.42. The van der Waals surface area contributed by atoms with Crippen molar-refractivity contribution < 1.29 is 0 Å². The highest BCUT2D eigenvalue weighted by Crippen LogP contribution is 2.65. The predicted octanol–water partition coefficient (Wildman–Crippen LogP) is 4.92. The minimum Gasteiger partial charge on any atom is -0.112 e. The molecule has 0 aromatic heterocycles. The normalized spacial score (nSPS) is 29.8. The molecule has 2 aliphatic rings. The molecule has 0 N–H and O–H groups in total. The van der Waals surface area contributed by atoms with Gasteiger partial charge in [0.2, 0.25) is 0 Å². The van der Waals surface area contributed by atoms with Crippen LogP contribution in [0.3, 0.4) is 0 Å². The second-order valence-electron chi connectivity index (χ2n) is 5.66. The fourth-order valence-corrected chi connectivity index (χ4v) is 6.84. The van der Waals surface area contributed by atoms with Gasteiger partial charge in [-0.3, -0.25) is 0 Å². The van der Waals surface area contributed by atoms with Crippen LogP contribution >= 0.6 is 7.92 Å². The van der Waals surface area contributed by atoms with Gasteiger partial charge in [-0.25, -0.2) is 0 Å². The maximum atomic E-state index is 3.48. The van der Waals surface area contributed by atoms with E-state index in [1.165, 1.54) is 18.2 Å². The number of allylic oxidation sites excluding steroid dienone is 3. The van der Waals surface area contributed by atoms with Gasteiger partial charge in [-0.15, -0.1) is 5.73 Å². The maximum Gasteiger partial charge on any atom is 0.0180 e. The van der Waals surface area contributed by atoms with Gasteiger partial charge in [0.05, 0.1) is 0 Å². The molecule has 16 heavy (non-hydrogen) atoms. The Kier molecular flexibility index (Phi) is 3.73. The van der Waals surface area contributed by atoms with E-state index < -0.39 is 0 Å². The number of rotatable bonds is 3. The average Bonchev–Trinajstić information content (AvgIpc) is 2.85. The smallest absolute Gasteiger partial charge is 0.0180 e. The third kappa shape index (κ3) is 2.20. The third-order valence-corrected chi connectivity index (χ3v) is 7.84. The lowest BCUT2D eigenvalue weighted by molar-refractivity contribution is 0.543. The van der Waals surface area contributed by atoms with Crippen molar-refractivity contribution >= 4 is 7.92 Å². The molecule has 0 nitrogen and oxygen atoms in total. The first-order valence-corrected chi connectivity index (χ1v) is 8.01. The second-order valence-corrected chi connectivity index (χ2v) is 8.29. The van der Waals surface area contributed by atoms with E-state index in [-0.39, 0.29) is 7.92 Å². The molecule has 0 saturated carbocycles. The Balaban J connectivity index is 2.25. The highest BCUT2D eigenvalue weighted by atomic mass is 31.1. The third-order valence-electron chi connectivity index (χ3n) is 3.87. The van der Waals surface area contributed by atoms with Crippen LogP contribution in [-0.2, 0) is 0 Å². The minimum atomic E-state index is 0.0355. The van der Waals surface area contributed by atoms with Crippen LogP contribution < -0.4 is 0 Å². The molecule has 1 aliphatic carbocycles. The Morgan fingerprint density at radius 3 is 2.06 bits per heavy atom. The summed E-state index contributed by atoms with van der Waals surface area (Å²) in [6, 6.07) is 0. The van der Waals surface area contributed by atoms with Crippen LogP contribution in [0.25, 0.3) is 0 Å². The van der Waals surface area contributed by atoms with Crippen LogP contribution in [0.5, 0.6) is 0 Å². The zero-order chi connectivity index (χ0) is 11.7. The van der Waals surface area contributed by atoms with Crippen molar-refractivity contribution in [1.29, 1.82) is 0 Å². The van der Waals surface area contributed by atoms with Gasteiger partial charge in [-0.1, -0.05) is 41.7 Å². The first-order chi connectivity index (χ1) is 7.61. The molecule has 0 amide bonds. The van der Waals surface area contributed by atoms with E-state index in [0.717, 1.165) is 23.2 Å². The Bertz CT molecular complexity index is 326. The molecule has 1 saturated heterocycles. The molecule has 0 spiro atoms. The van der Waals surface area contributed by atoms with Gasteiger partial charge in [0.15, 0.2) is 0 Å². The Labute approximate surface area is 101 Å². The van der Waals surface area contributed by atoms with E-state index in [4.69, 9.17) is 0 Å². The molecule has 0 aromatic rings. The molecule has 88 valence electrons. The van der Waals surface area contributed by atoms with Gasteiger partial charge >= 0.3 is 0 Å². The van der Waals surface area contributed by atoms with E-state index in [9.17, 15) is 0 Å². The quantitative estimate of drug-likeness (QED) is 0.480. The van der Waals surface area contributed by atoms with Gasteiger partial charge in [-0.05, 0) is 48.1 Å². The molecular weight excluding hydrogens is 211 g/mol. The second kappa shape index (κ2) is 4.91. The van der Waals surface area contributed by atoms with Gasteiger partial charge < -0.3 is 0 Å². The van der Waals surface area contributed by atoms with Gasteiger partial charge in [0, 0.05) is 5.31 Å². The van der Waals surface area contributed by atoms with Crippen molar-refractivity contribution in [1.82, 2.24) is 0 Å². The van der Waals surface area contributed by atoms with Crippen LogP contribution in [0, 0.1) is 11.8 Å². The molecular formula is C15H23P. The standard InChI is InChI=1S/C15H23P/c1-11(2)14-9-10-15(12(3)4)16(14)13-7-5-6-8-13/h5-7,11-12,14-15H,9-10H2,1-4H3/t14-,15-/m1/s1. The zero-order valence-electron chi connectivity index (χ0n) is 10.9. The molecule has 0 radical (unpaired) electrons. The molecule has 0 aromatic carbocycles. The van der Waals surface area contributed by atoms with Crippen molar-refractivity contribution in [2.45, 2.75) is 51.9 Å². The minimum absolute atomic E-state index is 0.0355. The number of hydrogen-bond donors (Lipinski definition) is 0. The van der Waals surface area contributed by atoms with Crippen molar-refractivity contribution in [3.63, 3.8) is 0 Å². The molecule has 2 atom stereocenters. The summed E-state index contributed by atoms with van der Waals surface area (Å²) in [7, 11) is 0.0355. The predicted molar refractivity (Wildman–Crippen MR) is 74.1 cm³/mol. The maximum absolute atomic E-state index is 3.48. The molecule has 1 aliphatic heterocycles. The largest absolute Gasteiger partial charge is 0.112 e. The van der Waals surface area contributed by atoms with Crippen LogP contribution in [0.2, 0.25) is 0 Å². The zero-order valence-corrected chi connectivity index (χ0v) is 11.8. The van der Waals surface area contributed by atoms with E-state index in [0.29, 0.717) is 0 Å². The average molecular weight is 234 g/mol. The lowest BCUT2D eigenvalue weighted by Gasteiger charge is -2.30. The van der Waals surface area contributed by atoms with Crippen LogP contribution in [0.15, 0.2) is 29.3 Å². The molecule has 1 fully saturated rings. The summed E-state index contributed by atoms with van der Waals surface area (Å²) in [4.78, 5) is 0. The highest BCUT2D eigenvalue weighted by Gasteiger charge is 2.40. The van der Waals surface area contributed by atoms with Gasteiger partial charge in [-0.2, -0.15) is 0 Å². The Morgan fingerprint density at radius 1 is 1.12 bits per heavy atom. The van der Waals surface area contributed by atoms with Crippen LogP contribution in [-0.4, -0.2) is 11.3 Å². The first kappa shape index (κ1) is 12.2. The van der Waals surface area contributed by atoms with Crippen LogP contribution in [0.1, 0.15) is 40.5 Å². The highest BCUT2D eigenvalue weighted by molar-refractivity contribution is 7.64. The fraction of sp³-hybridized carbons (Fsp3) is 0.667. The van der Waals surface area contributed by atoms with E-state index >= 15 is 0 Å². The summed E-state index contributed by atoms with van der Waals surface area (Å²) in [6.45, 7) is 9.58. The molecule has 2 rings (SSSR count). The van der Waals surface area contributed by atoms with Crippen molar-refractivity contribution in [2.75, 3.05) is 0 Å². The summed E-state index contributed by atoms with van der Waals surface area (Å²) in [5, 5.41) is 1.53. The summed E-state index contributed by atoms with van der Waals surface area (Å²) in [5.41, 5.74) is 5.34. The van der Waals surface area contributed by atoms with Crippen molar-refractivity contribution in [2.24, 2.45) is 11.8 Å². The van der Waals surface area contributed by atoms with E-state index in [1.807, 2.05) is 0 Å². The van der Waals surface area contributed by atoms with E-state index in [1.54, 1.807) is 0 Å². The SMILES string of the molecule is CC(C)[C@H]1CC[C@H](C(C)C)P1C1=C=CC=C1. The first-order valence-electron chi connectivity index (χ1n) is 6.53.